The lowest BCUT2D eigenvalue weighted by Gasteiger charge is -2.10. The molecule has 0 unspecified atom stereocenters. The van der Waals surface area contributed by atoms with Gasteiger partial charge in [-0.1, -0.05) is 24.4 Å². The molecule has 0 N–H and O–H groups in total. The summed E-state index contributed by atoms with van der Waals surface area (Å²) < 4.78 is 16.9. The van der Waals surface area contributed by atoms with E-state index in [-0.39, 0.29) is 5.97 Å². The van der Waals surface area contributed by atoms with Crippen LogP contribution in [0.5, 0.6) is 11.5 Å². The summed E-state index contributed by atoms with van der Waals surface area (Å²) in [5.41, 5.74) is 2.43. The number of carbonyl (C=O) groups excluding carboxylic acids is 1. The lowest BCUT2D eigenvalue weighted by atomic mass is 10.0. The van der Waals surface area contributed by atoms with Crippen molar-refractivity contribution in [2.24, 2.45) is 0 Å². The van der Waals surface area contributed by atoms with Crippen molar-refractivity contribution in [1.29, 1.82) is 0 Å². The predicted molar refractivity (Wildman–Crippen MR) is 95.1 cm³/mol. The third-order valence-corrected chi connectivity index (χ3v) is 4.10. The van der Waals surface area contributed by atoms with Crippen molar-refractivity contribution in [3.63, 3.8) is 0 Å². The van der Waals surface area contributed by atoms with Crippen molar-refractivity contribution in [1.82, 2.24) is 0 Å². The number of hydrogen-bond donors (Lipinski definition) is 0. The topological polar surface area (TPSA) is 48.7 Å². The molecule has 0 aliphatic heterocycles. The van der Waals surface area contributed by atoms with Crippen molar-refractivity contribution in [3.05, 3.63) is 52.7 Å². The van der Waals surface area contributed by atoms with Gasteiger partial charge in [0.05, 0.1) is 11.6 Å². The molecular formula is C19H16O4S. The summed E-state index contributed by atoms with van der Waals surface area (Å²) in [7, 11) is 1.63. The highest BCUT2D eigenvalue weighted by Gasteiger charge is 2.12. The molecule has 4 nitrogen and oxygen atoms in total. The Hall–Kier alpha value is -2.66. The average Bonchev–Trinajstić information content (AvgIpc) is 2.54. The minimum atomic E-state index is -0.375. The van der Waals surface area contributed by atoms with Crippen molar-refractivity contribution in [2.75, 3.05) is 7.11 Å². The standard InChI is InChI=1S/C19H16O4S/c1-11-18(13-4-6-14(21-3)7-5-13)19(24)16-9-8-15(23-12(2)20)10-17(16)22-11/h4-10H,1-3H3. The predicted octanol–water partition coefficient (Wildman–Crippen LogP) is 5.07. The van der Waals surface area contributed by atoms with E-state index in [9.17, 15) is 4.79 Å². The third kappa shape index (κ3) is 3.03. The molecule has 0 aliphatic carbocycles. The molecule has 2 aromatic carbocycles. The van der Waals surface area contributed by atoms with Gasteiger partial charge in [0, 0.05) is 23.9 Å². The summed E-state index contributed by atoms with van der Waals surface area (Å²) in [4.78, 5) is 11.1. The Kier molecular flexibility index (Phi) is 4.36. The van der Waals surface area contributed by atoms with Gasteiger partial charge in [-0.3, -0.25) is 4.79 Å². The Morgan fingerprint density at radius 3 is 2.38 bits per heavy atom. The average molecular weight is 340 g/mol. The molecule has 0 bridgehead atoms. The number of ether oxygens (including phenoxy) is 2. The second-order valence-electron chi connectivity index (χ2n) is 5.34. The molecule has 0 spiro atoms. The van der Waals surface area contributed by atoms with E-state index in [2.05, 4.69) is 0 Å². The Labute approximate surface area is 144 Å². The molecule has 3 aromatic rings. The van der Waals surface area contributed by atoms with Gasteiger partial charge in [-0.05, 0) is 36.8 Å². The highest BCUT2D eigenvalue weighted by Crippen LogP contribution is 2.33. The lowest BCUT2D eigenvalue weighted by molar-refractivity contribution is -0.131. The number of fused-ring (bicyclic) bond motifs is 1. The van der Waals surface area contributed by atoms with Crippen LogP contribution in [0.15, 0.2) is 46.9 Å². The molecule has 0 amide bonds. The van der Waals surface area contributed by atoms with Gasteiger partial charge in [0.1, 0.15) is 22.8 Å². The number of benzene rings is 2. The van der Waals surface area contributed by atoms with Crippen LogP contribution in [-0.4, -0.2) is 13.1 Å². The molecule has 0 fully saturated rings. The van der Waals surface area contributed by atoms with E-state index in [1.54, 1.807) is 19.2 Å². The van der Waals surface area contributed by atoms with Gasteiger partial charge < -0.3 is 13.9 Å². The molecule has 1 aromatic heterocycles. The molecule has 0 atom stereocenters. The van der Waals surface area contributed by atoms with Crippen molar-refractivity contribution in [2.45, 2.75) is 13.8 Å². The number of hydrogen-bond acceptors (Lipinski definition) is 5. The molecule has 0 aliphatic rings. The molecular weight excluding hydrogens is 324 g/mol. The van der Waals surface area contributed by atoms with Crippen LogP contribution in [0, 0.1) is 11.4 Å². The van der Waals surface area contributed by atoms with Gasteiger partial charge in [-0.2, -0.15) is 0 Å². The normalized spacial score (nSPS) is 10.6. The lowest BCUT2D eigenvalue weighted by Crippen LogP contribution is -2.01. The smallest absolute Gasteiger partial charge is 0.308 e. The van der Waals surface area contributed by atoms with Crippen molar-refractivity contribution < 1.29 is 18.7 Å². The zero-order valence-electron chi connectivity index (χ0n) is 13.6. The number of methoxy groups -OCH3 is 1. The summed E-state index contributed by atoms with van der Waals surface area (Å²) in [6.45, 7) is 3.23. The highest BCUT2D eigenvalue weighted by molar-refractivity contribution is 7.71. The zero-order valence-corrected chi connectivity index (χ0v) is 14.4. The van der Waals surface area contributed by atoms with E-state index in [0.29, 0.717) is 21.6 Å². The second-order valence-corrected chi connectivity index (χ2v) is 5.75. The van der Waals surface area contributed by atoms with Crippen LogP contribution in [0.1, 0.15) is 12.7 Å². The minimum Gasteiger partial charge on any atom is -0.497 e. The fourth-order valence-electron chi connectivity index (χ4n) is 2.61. The Morgan fingerprint density at radius 2 is 1.75 bits per heavy atom. The number of esters is 1. The molecule has 0 saturated carbocycles. The minimum absolute atomic E-state index is 0.375. The van der Waals surface area contributed by atoms with Gasteiger partial charge in [0.25, 0.3) is 0 Å². The molecule has 0 saturated heterocycles. The van der Waals surface area contributed by atoms with E-state index in [1.807, 2.05) is 37.3 Å². The van der Waals surface area contributed by atoms with E-state index < -0.39 is 0 Å². The zero-order chi connectivity index (χ0) is 17.3. The summed E-state index contributed by atoms with van der Waals surface area (Å²) in [5.74, 6) is 1.55. The monoisotopic (exact) mass is 340 g/mol. The van der Waals surface area contributed by atoms with Crippen LogP contribution >= 0.6 is 12.2 Å². The van der Waals surface area contributed by atoms with Gasteiger partial charge in [-0.15, -0.1) is 0 Å². The SMILES string of the molecule is COc1ccc(-c2c(C)oc3cc(OC(C)=O)ccc3c2=S)cc1. The Morgan fingerprint density at radius 1 is 1.08 bits per heavy atom. The summed E-state index contributed by atoms with van der Waals surface area (Å²) >= 11 is 5.66. The number of rotatable bonds is 3. The summed E-state index contributed by atoms with van der Waals surface area (Å²) in [5, 5.41) is 0.803. The second kappa shape index (κ2) is 6.45. The number of carbonyl (C=O) groups is 1. The largest absolute Gasteiger partial charge is 0.497 e. The molecule has 3 rings (SSSR count). The first kappa shape index (κ1) is 16.2. The third-order valence-electron chi connectivity index (χ3n) is 3.68. The van der Waals surface area contributed by atoms with E-state index in [0.717, 1.165) is 22.3 Å². The first-order chi connectivity index (χ1) is 11.5. The van der Waals surface area contributed by atoms with Gasteiger partial charge in [0.2, 0.25) is 0 Å². The quantitative estimate of drug-likeness (QED) is 0.378. The maximum atomic E-state index is 11.1. The Balaban J connectivity index is 2.16. The molecule has 0 radical (unpaired) electrons. The highest BCUT2D eigenvalue weighted by atomic mass is 32.1. The molecule has 5 heteroatoms. The maximum absolute atomic E-state index is 11.1. The fourth-order valence-corrected chi connectivity index (χ4v) is 3.04. The first-order valence-electron chi connectivity index (χ1n) is 7.40. The van der Waals surface area contributed by atoms with Crippen LogP contribution in [0.3, 0.4) is 0 Å². The fraction of sp³-hybridized carbons (Fsp3) is 0.158. The first-order valence-corrected chi connectivity index (χ1v) is 7.80. The van der Waals surface area contributed by atoms with Gasteiger partial charge in [-0.25, -0.2) is 0 Å². The van der Waals surface area contributed by atoms with Crippen LogP contribution in [0.2, 0.25) is 0 Å². The van der Waals surface area contributed by atoms with Crippen LogP contribution in [0.25, 0.3) is 22.1 Å². The van der Waals surface area contributed by atoms with E-state index in [4.69, 9.17) is 26.1 Å². The Bertz CT molecular complexity index is 971. The maximum Gasteiger partial charge on any atom is 0.308 e. The van der Waals surface area contributed by atoms with E-state index >= 15 is 0 Å². The van der Waals surface area contributed by atoms with Gasteiger partial charge in [0.15, 0.2) is 0 Å². The van der Waals surface area contributed by atoms with Crippen molar-refractivity contribution >= 4 is 29.2 Å². The molecule has 1 heterocycles. The van der Waals surface area contributed by atoms with E-state index in [1.165, 1.54) is 6.92 Å². The van der Waals surface area contributed by atoms with Gasteiger partial charge >= 0.3 is 5.97 Å². The molecule has 122 valence electrons. The van der Waals surface area contributed by atoms with Crippen LogP contribution in [-0.2, 0) is 4.79 Å². The number of aryl methyl sites for hydroxylation is 1. The molecule has 24 heavy (non-hydrogen) atoms. The van der Waals surface area contributed by atoms with Crippen LogP contribution < -0.4 is 9.47 Å². The van der Waals surface area contributed by atoms with Crippen LogP contribution in [0.4, 0.5) is 0 Å². The summed E-state index contributed by atoms with van der Waals surface area (Å²) in [6.07, 6.45) is 0. The van der Waals surface area contributed by atoms with Crippen molar-refractivity contribution in [3.8, 4) is 22.6 Å². The summed E-state index contributed by atoms with van der Waals surface area (Å²) in [6, 6.07) is 12.9.